The summed E-state index contributed by atoms with van der Waals surface area (Å²) in [4.78, 5) is 1.05. The van der Waals surface area contributed by atoms with Gasteiger partial charge < -0.3 is 10.6 Å². The smallest absolute Gasteiger partial charge is 0.0462 e. The number of anilines is 1. The van der Waals surface area contributed by atoms with E-state index in [1.807, 2.05) is 0 Å². The summed E-state index contributed by atoms with van der Waals surface area (Å²) in [6.07, 6.45) is 1.19. The largest absolute Gasteiger partial charge is 0.381 e. The van der Waals surface area contributed by atoms with Crippen molar-refractivity contribution in [2.24, 2.45) is 0 Å². The molecule has 3 heteroatoms. The fraction of sp³-hybridized carbons (Fsp3) is 0.368. The number of piperidine rings is 1. The zero-order chi connectivity index (χ0) is 15.3. The van der Waals surface area contributed by atoms with Crippen molar-refractivity contribution >= 4 is 18.3 Å². The van der Waals surface area contributed by atoms with Gasteiger partial charge in [0.05, 0.1) is 0 Å². The van der Waals surface area contributed by atoms with Gasteiger partial charge in [-0.25, -0.2) is 0 Å². The quantitative estimate of drug-likeness (QED) is 0.690. The van der Waals surface area contributed by atoms with Crippen molar-refractivity contribution in [2.75, 3.05) is 18.4 Å². The Morgan fingerprint density at radius 2 is 1.95 bits per heavy atom. The molecule has 1 fully saturated rings. The van der Waals surface area contributed by atoms with E-state index in [1.165, 1.54) is 39.9 Å². The van der Waals surface area contributed by atoms with Gasteiger partial charge in [0.2, 0.25) is 0 Å². The van der Waals surface area contributed by atoms with Crippen molar-refractivity contribution in [3.8, 4) is 11.1 Å². The van der Waals surface area contributed by atoms with Crippen molar-refractivity contribution in [3.63, 3.8) is 0 Å². The molecule has 0 radical (unpaired) electrons. The summed E-state index contributed by atoms with van der Waals surface area (Å²) in [5.41, 5.74) is 8.04. The second-order valence-corrected chi connectivity index (χ2v) is 7.07. The van der Waals surface area contributed by atoms with E-state index in [0.29, 0.717) is 12.0 Å². The first-order valence-corrected chi connectivity index (χ1v) is 8.50. The predicted molar refractivity (Wildman–Crippen MR) is 96.2 cm³/mol. The molecule has 2 aromatic rings. The summed E-state index contributed by atoms with van der Waals surface area (Å²) in [6.45, 7) is 6.57. The number of hydrogen-bond donors (Lipinski definition) is 3. The highest BCUT2D eigenvalue weighted by Gasteiger charge is 2.36. The van der Waals surface area contributed by atoms with Crippen LogP contribution in [0, 0.1) is 13.8 Å². The molecule has 0 saturated carbocycles. The Labute approximate surface area is 137 Å². The van der Waals surface area contributed by atoms with E-state index in [2.05, 4.69) is 67.4 Å². The van der Waals surface area contributed by atoms with Gasteiger partial charge in [0, 0.05) is 34.7 Å². The van der Waals surface area contributed by atoms with Crippen molar-refractivity contribution in [1.29, 1.82) is 0 Å². The number of nitrogens with one attached hydrogen (secondary N) is 2. The van der Waals surface area contributed by atoms with E-state index in [4.69, 9.17) is 0 Å². The van der Waals surface area contributed by atoms with Crippen LogP contribution in [0.15, 0.2) is 35.2 Å². The van der Waals surface area contributed by atoms with Crippen LogP contribution < -0.4 is 10.6 Å². The van der Waals surface area contributed by atoms with Crippen LogP contribution in [0.1, 0.15) is 29.0 Å². The fourth-order valence-electron chi connectivity index (χ4n) is 3.97. The molecule has 22 heavy (non-hydrogen) atoms. The zero-order valence-corrected chi connectivity index (χ0v) is 14.0. The highest BCUT2D eigenvalue weighted by atomic mass is 32.1. The molecular weight excluding hydrogens is 288 g/mol. The summed E-state index contributed by atoms with van der Waals surface area (Å²) in [5, 5.41) is 7.37. The average molecular weight is 310 g/mol. The van der Waals surface area contributed by atoms with Crippen LogP contribution in [0.3, 0.4) is 0 Å². The Morgan fingerprint density at radius 3 is 2.82 bits per heavy atom. The van der Waals surface area contributed by atoms with Crippen molar-refractivity contribution in [3.05, 3.63) is 47.0 Å². The summed E-state index contributed by atoms with van der Waals surface area (Å²) in [5.74, 6) is 0.594. The molecule has 0 amide bonds. The lowest BCUT2D eigenvalue weighted by molar-refractivity contribution is 0.439. The molecular formula is C19H22N2S. The number of hydrogen-bond acceptors (Lipinski definition) is 3. The second-order valence-electron chi connectivity index (χ2n) is 6.59. The summed E-state index contributed by atoms with van der Waals surface area (Å²) < 4.78 is 0. The van der Waals surface area contributed by atoms with Gasteiger partial charge in [-0.2, -0.15) is 0 Å². The van der Waals surface area contributed by atoms with Gasteiger partial charge in [0.1, 0.15) is 0 Å². The molecule has 4 rings (SSSR count). The molecule has 1 saturated heterocycles. The van der Waals surface area contributed by atoms with Crippen LogP contribution in [-0.4, -0.2) is 19.1 Å². The van der Waals surface area contributed by atoms with Crippen LogP contribution in [0.5, 0.6) is 0 Å². The third-order valence-corrected chi connectivity index (χ3v) is 5.48. The maximum Gasteiger partial charge on any atom is 0.0462 e. The monoisotopic (exact) mass is 310 g/mol. The summed E-state index contributed by atoms with van der Waals surface area (Å²) in [7, 11) is 0. The van der Waals surface area contributed by atoms with Gasteiger partial charge in [-0.05, 0) is 49.6 Å². The number of aryl methyl sites for hydroxylation is 2. The Bertz CT molecular complexity index is 738. The molecule has 2 N–H and O–H groups in total. The molecule has 2 unspecified atom stereocenters. The molecule has 2 atom stereocenters. The molecule has 0 aliphatic carbocycles. The van der Waals surface area contributed by atoms with Gasteiger partial charge in [-0.15, -0.1) is 12.6 Å². The lowest BCUT2D eigenvalue weighted by atomic mass is 9.86. The van der Waals surface area contributed by atoms with Crippen molar-refractivity contribution in [1.82, 2.24) is 5.32 Å². The van der Waals surface area contributed by atoms with E-state index >= 15 is 0 Å². The molecule has 0 bridgehead atoms. The molecule has 114 valence electrons. The Morgan fingerprint density at radius 1 is 1.09 bits per heavy atom. The Kier molecular flexibility index (Phi) is 3.43. The summed E-state index contributed by atoms with van der Waals surface area (Å²) >= 11 is 4.69. The molecule has 2 aliphatic rings. The topological polar surface area (TPSA) is 24.1 Å². The van der Waals surface area contributed by atoms with E-state index in [1.54, 1.807) is 0 Å². The van der Waals surface area contributed by atoms with Crippen LogP contribution >= 0.6 is 12.6 Å². The average Bonchev–Trinajstić information content (AvgIpc) is 2.91. The first kappa shape index (κ1) is 14.2. The van der Waals surface area contributed by atoms with E-state index in [9.17, 15) is 0 Å². The van der Waals surface area contributed by atoms with E-state index in [0.717, 1.165) is 18.0 Å². The van der Waals surface area contributed by atoms with Crippen LogP contribution in [0.4, 0.5) is 5.69 Å². The second kappa shape index (κ2) is 5.32. The number of thiol groups is 1. The van der Waals surface area contributed by atoms with E-state index < -0.39 is 0 Å². The van der Waals surface area contributed by atoms with Crippen molar-refractivity contribution < 1.29 is 0 Å². The normalized spacial score (nSPS) is 22.9. The molecule has 2 aromatic carbocycles. The minimum absolute atomic E-state index is 0.573. The van der Waals surface area contributed by atoms with Gasteiger partial charge in [0.25, 0.3) is 0 Å². The number of rotatable bonds is 1. The lowest BCUT2D eigenvalue weighted by Crippen LogP contribution is -2.38. The van der Waals surface area contributed by atoms with Gasteiger partial charge in [-0.3, -0.25) is 0 Å². The van der Waals surface area contributed by atoms with E-state index in [-0.39, 0.29) is 0 Å². The minimum Gasteiger partial charge on any atom is -0.381 e. The number of benzene rings is 2. The highest BCUT2D eigenvalue weighted by molar-refractivity contribution is 7.80. The standard InChI is InChI=1S/C19H22N2S/c1-11-3-6-17(22)14(9-11)13-5-4-12(2)18-15-10-20-8-7-16(15)21-19(13)18/h3-6,9,15-16,20-22H,7-8,10H2,1-2H3. The third-order valence-electron chi connectivity index (χ3n) is 5.09. The lowest BCUT2D eigenvalue weighted by Gasteiger charge is -2.26. The van der Waals surface area contributed by atoms with Gasteiger partial charge in [0.15, 0.2) is 0 Å². The fourth-order valence-corrected chi connectivity index (χ4v) is 4.23. The SMILES string of the molecule is Cc1ccc(S)c(-c2ccc(C)c3c2NC2CCNCC32)c1. The predicted octanol–water partition coefficient (Wildman–Crippen LogP) is 4.13. The first-order chi connectivity index (χ1) is 10.6. The number of fused-ring (bicyclic) bond motifs is 3. The van der Waals surface area contributed by atoms with Crippen LogP contribution in [-0.2, 0) is 0 Å². The van der Waals surface area contributed by atoms with Crippen LogP contribution in [0.25, 0.3) is 11.1 Å². The minimum atomic E-state index is 0.573. The van der Waals surface area contributed by atoms with Gasteiger partial charge >= 0.3 is 0 Å². The third kappa shape index (κ3) is 2.15. The maximum atomic E-state index is 4.69. The highest BCUT2D eigenvalue weighted by Crippen LogP contribution is 2.46. The molecule has 2 nitrogen and oxygen atoms in total. The van der Waals surface area contributed by atoms with Crippen molar-refractivity contribution in [2.45, 2.75) is 37.1 Å². The zero-order valence-electron chi connectivity index (χ0n) is 13.1. The maximum absolute atomic E-state index is 4.69. The Balaban J connectivity index is 1.90. The van der Waals surface area contributed by atoms with Gasteiger partial charge in [-0.1, -0.05) is 29.8 Å². The molecule has 2 aliphatic heterocycles. The molecule has 0 spiro atoms. The molecule has 0 aromatic heterocycles. The van der Waals surface area contributed by atoms with Crippen LogP contribution in [0.2, 0.25) is 0 Å². The summed E-state index contributed by atoms with van der Waals surface area (Å²) in [6, 6.07) is 11.6. The Hall–Kier alpha value is -1.45. The molecule has 2 heterocycles. The first-order valence-electron chi connectivity index (χ1n) is 8.06.